The zero-order chi connectivity index (χ0) is 10.6. The Labute approximate surface area is 81.8 Å². The first-order chi connectivity index (χ1) is 5.72. The van der Waals surface area contributed by atoms with E-state index >= 15 is 0 Å². The molecule has 1 unspecified atom stereocenters. The van der Waals surface area contributed by atoms with Crippen LogP contribution < -0.4 is 5.73 Å². The number of hydrogen-bond donors (Lipinski definition) is 2. The second-order valence-electron chi connectivity index (χ2n) is 5.05. The molecule has 0 aliphatic heterocycles. The number of nitrogens with two attached hydrogens (primary N) is 1. The van der Waals surface area contributed by atoms with Gasteiger partial charge >= 0.3 is 0 Å². The quantitative estimate of drug-likeness (QED) is 0.517. The van der Waals surface area contributed by atoms with E-state index in [1.165, 1.54) is 0 Å². The predicted molar refractivity (Wildman–Crippen MR) is 58.1 cm³/mol. The van der Waals surface area contributed by atoms with Crippen LogP contribution in [0, 0.1) is 10.8 Å². The number of nitrogens with one attached hydrogen (secondary N) is 1. The molecular formula is C10H23N3. The van der Waals surface area contributed by atoms with Crippen LogP contribution in [0.15, 0.2) is 0 Å². The van der Waals surface area contributed by atoms with Gasteiger partial charge in [-0.25, -0.2) is 0 Å². The van der Waals surface area contributed by atoms with Gasteiger partial charge in [0.1, 0.15) is 0 Å². The Morgan fingerprint density at radius 3 is 2.23 bits per heavy atom. The van der Waals surface area contributed by atoms with Crippen LogP contribution in [-0.4, -0.2) is 30.4 Å². The summed E-state index contributed by atoms with van der Waals surface area (Å²) in [5.74, 6) is 0.272. The fourth-order valence-electron chi connectivity index (χ4n) is 1.38. The molecule has 3 heteroatoms. The standard InChI is InChI=1S/C10H23N3/c1-8(6-9(11)12)13(5)7-10(2,3)4/h8H,6-7H2,1-5H3,(H3,11,12). The topological polar surface area (TPSA) is 53.1 Å². The summed E-state index contributed by atoms with van der Waals surface area (Å²) in [7, 11) is 2.08. The van der Waals surface area contributed by atoms with Crippen molar-refractivity contribution in [2.45, 2.75) is 40.2 Å². The molecule has 0 radical (unpaired) electrons. The van der Waals surface area contributed by atoms with Crippen molar-refractivity contribution in [1.29, 1.82) is 5.41 Å². The lowest BCUT2D eigenvalue weighted by atomic mass is 9.95. The molecular weight excluding hydrogens is 162 g/mol. The number of hydrogen-bond acceptors (Lipinski definition) is 2. The maximum absolute atomic E-state index is 7.20. The minimum Gasteiger partial charge on any atom is -0.388 e. The lowest BCUT2D eigenvalue weighted by Crippen LogP contribution is -2.38. The van der Waals surface area contributed by atoms with Gasteiger partial charge in [-0.05, 0) is 19.4 Å². The third-order valence-electron chi connectivity index (χ3n) is 1.99. The van der Waals surface area contributed by atoms with E-state index < -0.39 is 0 Å². The second-order valence-corrected chi connectivity index (χ2v) is 5.05. The van der Waals surface area contributed by atoms with E-state index in [9.17, 15) is 0 Å². The van der Waals surface area contributed by atoms with Crippen LogP contribution in [0.4, 0.5) is 0 Å². The molecule has 0 saturated heterocycles. The molecule has 0 bridgehead atoms. The minimum atomic E-state index is 0.272. The maximum Gasteiger partial charge on any atom is 0.0920 e. The fraction of sp³-hybridized carbons (Fsp3) is 0.900. The van der Waals surface area contributed by atoms with Gasteiger partial charge in [-0.15, -0.1) is 0 Å². The van der Waals surface area contributed by atoms with E-state index in [1.54, 1.807) is 0 Å². The molecule has 13 heavy (non-hydrogen) atoms. The first-order valence-corrected chi connectivity index (χ1v) is 4.75. The molecule has 3 N–H and O–H groups in total. The summed E-state index contributed by atoms with van der Waals surface area (Å²) in [6.07, 6.45) is 0.659. The van der Waals surface area contributed by atoms with Crippen LogP contribution in [0.2, 0.25) is 0 Å². The highest BCUT2D eigenvalue weighted by Crippen LogP contribution is 2.16. The van der Waals surface area contributed by atoms with Gasteiger partial charge in [0.2, 0.25) is 0 Å². The van der Waals surface area contributed by atoms with Gasteiger partial charge in [0.15, 0.2) is 0 Å². The first kappa shape index (κ1) is 12.4. The third kappa shape index (κ3) is 6.58. The molecule has 0 aromatic heterocycles. The van der Waals surface area contributed by atoms with Gasteiger partial charge < -0.3 is 10.6 Å². The molecule has 0 saturated carbocycles. The molecule has 0 aliphatic rings. The zero-order valence-corrected chi connectivity index (χ0v) is 9.52. The van der Waals surface area contributed by atoms with E-state index in [0.717, 1.165) is 6.54 Å². The van der Waals surface area contributed by atoms with Crippen molar-refractivity contribution in [3.05, 3.63) is 0 Å². The molecule has 0 aliphatic carbocycles. The lowest BCUT2D eigenvalue weighted by Gasteiger charge is -2.31. The summed E-state index contributed by atoms with van der Waals surface area (Å²) >= 11 is 0. The van der Waals surface area contributed by atoms with Crippen molar-refractivity contribution in [3.63, 3.8) is 0 Å². The smallest absolute Gasteiger partial charge is 0.0920 e. The van der Waals surface area contributed by atoms with E-state index in [-0.39, 0.29) is 5.84 Å². The SMILES string of the molecule is CC(CC(=N)N)N(C)CC(C)(C)C. The van der Waals surface area contributed by atoms with Crippen LogP contribution in [0.25, 0.3) is 0 Å². The molecule has 0 spiro atoms. The van der Waals surface area contributed by atoms with Crippen LogP contribution in [-0.2, 0) is 0 Å². The predicted octanol–water partition coefficient (Wildman–Crippen LogP) is 1.68. The Balaban J connectivity index is 3.96. The Morgan fingerprint density at radius 2 is 1.92 bits per heavy atom. The van der Waals surface area contributed by atoms with Crippen molar-refractivity contribution in [1.82, 2.24) is 4.90 Å². The molecule has 3 nitrogen and oxygen atoms in total. The molecule has 0 rings (SSSR count). The van der Waals surface area contributed by atoms with Crippen LogP contribution in [0.1, 0.15) is 34.1 Å². The summed E-state index contributed by atoms with van der Waals surface area (Å²) in [6.45, 7) is 9.77. The summed E-state index contributed by atoms with van der Waals surface area (Å²) in [4.78, 5) is 2.25. The number of amidine groups is 1. The van der Waals surface area contributed by atoms with Crippen molar-refractivity contribution in [3.8, 4) is 0 Å². The van der Waals surface area contributed by atoms with Gasteiger partial charge in [-0.1, -0.05) is 20.8 Å². The molecule has 78 valence electrons. The molecule has 0 heterocycles. The normalized spacial score (nSPS) is 14.6. The Bertz CT molecular complexity index is 169. The third-order valence-corrected chi connectivity index (χ3v) is 1.99. The summed E-state index contributed by atoms with van der Waals surface area (Å²) in [6, 6.07) is 0.358. The molecule has 1 atom stereocenters. The second kappa shape index (κ2) is 4.61. The molecule has 0 aromatic rings. The van der Waals surface area contributed by atoms with Crippen LogP contribution in [0.5, 0.6) is 0 Å². The summed E-state index contributed by atoms with van der Waals surface area (Å²) in [5, 5.41) is 7.20. The Kier molecular flexibility index (Phi) is 4.40. The van der Waals surface area contributed by atoms with Crippen LogP contribution in [0.3, 0.4) is 0 Å². The molecule has 0 aromatic carbocycles. The van der Waals surface area contributed by atoms with Crippen molar-refractivity contribution in [2.75, 3.05) is 13.6 Å². The van der Waals surface area contributed by atoms with E-state index in [1.807, 2.05) is 0 Å². The Hall–Kier alpha value is -0.570. The average molecular weight is 185 g/mol. The highest BCUT2D eigenvalue weighted by molar-refractivity contribution is 5.77. The van der Waals surface area contributed by atoms with Gasteiger partial charge in [0.05, 0.1) is 5.84 Å². The minimum absolute atomic E-state index is 0.272. The van der Waals surface area contributed by atoms with Crippen molar-refractivity contribution < 1.29 is 0 Å². The highest BCUT2D eigenvalue weighted by Gasteiger charge is 2.17. The maximum atomic E-state index is 7.20. The highest BCUT2D eigenvalue weighted by atomic mass is 15.1. The van der Waals surface area contributed by atoms with Crippen molar-refractivity contribution >= 4 is 5.84 Å². The fourth-order valence-corrected chi connectivity index (χ4v) is 1.38. The van der Waals surface area contributed by atoms with Gasteiger partial charge in [-0.3, -0.25) is 5.41 Å². The average Bonchev–Trinajstić information content (AvgIpc) is 1.81. The Morgan fingerprint density at radius 1 is 1.46 bits per heavy atom. The van der Waals surface area contributed by atoms with Gasteiger partial charge in [-0.2, -0.15) is 0 Å². The number of rotatable bonds is 4. The van der Waals surface area contributed by atoms with E-state index in [2.05, 4.69) is 39.6 Å². The summed E-state index contributed by atoms with van der Waals surface area (Å²) < 4.78 is 0. The molecule has 0 amide bonds. The molecule has 0 fully saturated rings. The van der Waals surface area contributed by atoms with Crippen molar-refractivity contribution in [2.24, 2.45) is 11.1 Å². The lowest BCUT2D eigenvalue weighted by molar-refractivity contribution is 0.184. The first-order valence-electron chi connectivity index (χ1n) is 4.75. The van der Waals surface area contributed by atoms with E-state index in [4.69, 9.17) is 11.1 Å². The monoisotopic (exact) mass is 185 g/mol. The zero-order valence-electron chi connectivity index (χ0n) is 9.52. The number of nitrogens with zero attached hydrogens (tertiary/aromatic N) is 1. The largest absolute Gasteiger partial charge is 0.388 e. The van der Waals surface area contributed by atoms with Gasteiger partial charge in [0, 0.05) is 19.0 Å². The van der Waals surface area contributed by atoms with E-state index in [0.29, 0.717) is 17.9 Å². The summed E-state index contributed by atoms with van der Waals surface area (Å²) in [5.41, 5.74) is 5.66. The van der Waals surface area contributed by atoms with Crippen LogP contribution >= 0.6 is 0 Å². The van der Waals surface area contributed by atoms with Gasteiger partial charge in [0.25, 0.3) is 0 Å².